The Morgan fingerprint density at radius 3 is 2.35 bits per heavy atom. The molecule has 0 saturated heterocycles. The Morgan fingerprint density at radius 2 is 1.74 bits per heavy atom. The van der Waals surface area contributed by atoms with Gasteiger partial charge in [0.2, 0.25) is 0 Å². The maximum Gasteiger partial charge on any atom is 0.303 e. The fourth-order valence-electron chi connectivity index (χ4n) is 5.58. The van der Waals surface area contributed by atoms with E-state index in [1.807, 2.05) is 12.1 Å². The summed E-state index contributed by atoms with van der Waals surface area (Å²) in [7, 11) is 0. The van der Waals surface area contributed by atoms with Crippen molar-refractivity contribution in [3.63, 3.8) is 0 Å². The fourth-order valence-corrected chi connectivity index (χ4v) is 5.58. The average Bonchev–Trinajstić information content (AvgIpc) is 3.22. The summed E-state index contributed by atoms with van der Waals surface area (Å²) in [5.41, 5.74) is -2.02. The van der Waals surface area contributed by atoms with Crippen LogP contribution in [0, 0.1) is 28.6 Å². The van der Waals surface area contributed by atoms with Crippen LogP contribution < -0.4 is 4.74 Å². The van der Waals surface area contributed by atoms with Crippen molar-refractivity contribution in [3.8, 4) is 17.9 Å². The maximum absolute atomic E-state index is 12.3. The molecular weight excluding hydrogens is 434 g/mol. The summed E-state index contributed by atoms with van der Waals surface area (Å²) in [4.78, 5) is 16.1. The minimum Gasteiger partial charge on any atom is -0.481 e. The van der Waals surface area contributed by atoms with E-state index in [4.69, 9.17) is 4.74 Å². The van der Waals surface area contributed by atoms with Crippen molar-refractivity contribution in [2.45, 2.75) is 29.6 Å². The molecule has 0 amide bonds. The first-order valence-corrected chi connectivity index (χ1v) is 10.6. The van der Waals surface area contributed by atoms with Crippen molar-refractivity contribution in [1.82, 2.24) is 4.98 Å². The van der Waals surface area contributed by atoms with Crippen LogP contribution in [0.3, 0.4) is 0 Å². The van der Waals surface area contributed by atoms with Crippen molar-refractivity contribution >= 4 is 5.97 Å². The molecule has 0 bridgehead atoms. The van der Waals surface area contributed by atoms with Crippen LogP contribution in [0.1, 0.15) is 40.3 Å². The zero-order valence-corrected chi connectivity index (χ0v) is 17.8. The minimum absolute atomic E-state index is 0.0391. The van der Waals surface area contributed by atoms with Gasteiger partial charge in [-0.05, 0) is 23.3 Å². The average molecular weight is 453 g/mol. The number of carboxylic acids is 1. The zero-order chi connectivity index (χ0) is 24.1. The molecule has 2 aromatic carbocycles. The van der Waals surface area contributed by atoms with Crippen LogP contribution >= 0.6 is 0 Å². The van der Waals surface area contributed by atoms with Gasteiger partial charge in [0, 0.05) is 24.1 Å². The highest BCUT2D eigenvalue weighted by Gasteiger charge is 2.76. The quantitative estimate of drug-likeness (QED) is 0.546. The van der Waals surface area contributed by atoms with Crippen LogP contribution in [0.2, 0.25) is 0 Å². The molecule has 168 valence electrons. The molecule has 1 aliphatic heterocycles. The molecule has 2 aliphatic rings. The van der Waals surface area contributed by atoms with E-state index in [-0.39, 0.29) is 17.0 Å². The zero-order valence-electron chi connectivity index (χ0n) is 17.8. The molecule has 3 N–H and O–H groups in total. The van der Waals surface area contributed by atoms with Crippen LogP contribution in [0.5, 0.6) is 5.75 Å². The molecule has 1 aromatic heterocycles. The maximum atomic E-state index is 12.3. The standard InChI is InChI=1S/C26H19N3O5/c27-12-15-6-8-18(9-7-15)26-22(17-4-2-1-3-5-17)19(11-21(30)31)24(32)25(26,33)23-20(34-26)10-16(13-28)14-29-23/h1-10,14,19,22,24,32-33H,11H2,(H,30,31)/t19-,22-,24-,25+,26+/m1/s1. The molecular formula is C26H19N3O5. The number of hydrogen-bond donors (Lipinski definition) is 3. The van der Waals surface area contributed by atoms with E-state index in [1.54, 1.807) is 48.5 Å². The number of aliphatic carboxylic acids is 1. The second-order valence-electron chi connectivity index (χ2n) is 8.57. The lowest BCUT2D eigenvalue weighted by Gasteiger charge is -2.40. The molecule has 0 spiro atoms. The lowest BCUT2D eigenvalue weighted by atomic mass is 9.71. The van der Waals surface area contributed by atoms with Gasteiger partial charge in [0.25, 0.3) is 0 Å². The van der Waals surface area contributed by atoms with E-state index in [9.17, 15) is 30.6 Å². The lowest BCUT2D eigenvalue weighted by molar-refractivity contribution is -0.155. The number of pyridine rings is 1. The number of carbonyl (C=O) groups is 1. The van der Waals surface area contributed by atoms with Crippen LogP contribution in [0.4, 0.5) is 0 Å². The Labute approximate surface area is 194 Å². The number of fused-ring (bicyclic) bond motifs is 3. The first-order valence-electron chi connectivity index (χ1n) is 10.6. The van der Waals surface area contributed by atoms with Crippen molar-refractivity contribution in [3.05, 3.63) is 94.8 Å². The van der Waals surface area contributed by atoms with Crippen molar-refractivity contribution in [1.29, 1.82) is 10.5 Å². The van der Waals surface area contributed by atoms with Gasteiger partial charge in [0.15, 0.2) is 11.2 Å². The molecule has 8 heteroatoms. The van der Waals surface area contributed by atoms with Crippen molar-refractivity contribution in [2.75, 3.05) is 0 Å². The largest absolute Gasteiger partial charge is 0.481 e. The molecule has 3 aromatic rings. The summed E-state index contributed by atoms with van der Waals surface area (Å²) in [5.74, 6) is -2.71. The van der Waals surface area contributed by atoms with E-state index in [0.29, 0.717) is 16.7 Å². The highest BCUT2D eigenvalue weighted by molar-refractivity contribution is 5.68. The van der Waals surface area contributed by atoms with Gasteiger partial charge in [0.1, 0.15) is 17.5 Å². The number of ether oxygens (including phenoxy) is 1. The summed E-state index contributed by atoms with van der Waals surface area (Å²) in [5, 5.41) is 52.1. The summed E-state index contributed by atoms with van der Waals surface area (Å²) in [6.07, 6.45) is -0.689. The number of rotatable bonds is 4. The van der Waals surface area contributed by atoms with Crippen LogP contribution in [0.15, 0.2) is 66.9 Å². The molecule has 1 saturated carbocycles. The summed E-state index contributed by atoms with van der Waals surface area (Å²) in [6.45, 7) is 0. The van der Waals surface area contributed by atoms with Gasteiger partial charge in [0.05, 0.1) is 29.7 Å². The van der Waals surface area contributed by atoms with Crippen molar-refractivity contribution < 1.29 is 24.9 Å². The predicted molar refractivity (Wildman–Crippen MR) is 117 cm³/mol. The van der Waals surface area contributed by atoms with Gasteiger partial charge < -0.3 is 20.1 Å². The number of benzene rings is 2. The third-order valence-corrected chi connectivity index (χ3v) is 6.89. The van der Waals surface area contributed by atoms with Gasteiger partial charge in [-0.15, -0.1) is 0 Å². The normalized spacial score (nSPS) is 28.8. The van der Waals surface area contributed by atoms with Crippen LogP contribution in [-0.2, 0) is 16.0 Å². The lowest BCUT2D eigenvalue weighted by Crippen LogP contribution is -2.52. The van der Waals surface area contributed by atoms with E-state index in [1.165, 1.54) is 12.3 Å². The number of aromatic nitrogens is 1. The Bertz CT molecular complexity index is 1360. The second kappa shape index (κ2) is 7.67. The molecule has 8 nitrogen and oxygen atoms in total. The molecule has 34 heavy (non-hydrogen) atoms. The van der Waals surface area contributed by atoms with E-state index < -0.39 is 41.5 Å². The predicted octanol–water partition coefficient (Wildman–Crippen LogP) is 2.55. The summed E-state index contributed by atoms with van der Waals surface area (Å²) >= 11 is 0. The molecule has 1 fully saturated rings. The van der Waals surface area contributed by atoms with Gasteiger partial charge in [-0.2, -0.15) is 10.5 Å². The van der Waals surface area contributed by atoms with E-state index in [2.05, 4.69) is 11.1 Å². The summed E-state index contributed by atoms with van der Waals surface area (Å²) < 4.78 is 6.47. The number of aliphatic hydroxyl groups excluding tert-OH is 1. The van der Waals surface area contributed by atoms with E-state index >= 15 is 0 Å². The molecule has 2 heterocycles. The van der Waals surface area contributed by atoms with Crippen LogP contribution in [0.25, 0.3) is 0 Å². The SMILES string of the molecule is N#Cc1ccc([C@@]23Oc4cc(C#N)cnc4[C@]2(O)[C@H](O)[C@H](CC(=O)O)[C@H]3c2ccccc2)cc1. The molecule has 5 rings (SSSR count). The third-order valence-electron chi connectivity index (χ3n) is 6.89. The third kappa shape index (κ3) is 2.77. The van der Waals surface area contributed by atoms with E-state index in [0.717, 1.165) is 0 Å². The minimum atomic E-state index is -2.12. The van der Waals surface area contributed by atoms with Gasteiger partial charge in [-0.3, -0.25) is 9.78 Å². The summed E-state index contributed by atoms with van der Waals surface area (Å²) in [6, 6.07) is 20.9. The Morgan fingerprint density at radius 1 is 1.06 bits per heavy atom. The number of hydrogen-bond acceptors (Lipinski definition) is 7. The Hall–Kier alpha value is -4.24. The van der Waals surface area contributed by atoms with Crippen molar-refractivity contribution in [2.24, 2.45) is 5.92 Å². The first kappa shape index (κ1) is 21.6. The monoisotopic (exact) mass is 453 g/mol. The highest BCUT2D eigenvalue weighted by atomic mass is 16.5. The molecule has 1 aliphatic carbocycles. The topological polar surface area (TPSA) is 147 Å². The second-order valence-corrected chi connectivity index (χ2v) is 8.57. The Kier molecular flexibility index (Phi) is 4.87. The number of carboxylic acid groups (broad SMARTS) is 1. The Balaban J connectivity index is 1.84. The van der Waals surface area contributed by atoms with Gasteiger partial charge in [-0.1, -0.05) is 42.5 Å². The number of nitriles is 2. The molecule has 0 unspecified atom stereocenters. The molecule has 0 radical (unpaired) electrons. The molecule has 5 atom stereocenters. The fraction of sp³-hybridized carbons (Fsp3) is 0.231. The number of aliphatic hydroxyl groups is 2. The smallest absolute Gasteiger partial charge is 0.303 e. The first-order chi connectivity index (χ1) is 16.4. The van der Waals surface area contributed by atoms with Gasteiger partial charge in [-0.25, -0.2) is 0 Å². The van der Waals surface area contributed by atoms with Crippen LogP contribution in [-0.4, -0.2) is 32.4 Å². The number of nitrogens with zero attached hydrogens (tertiary/aromatic N) is 3. The highest BCUT2D eigenvalue weighted by Crippen LogP contribution is 2.68. The van der Waals surface area contributed by atoms with Gasteiger partial charge >= 0.3 is 5.97 Å².